The van der Waals surface area contributed by atoms with E-state index in [1.807, 2.05) is 11.0 Å². The van der Waals surface area contributed by atoms with Crippen molar-refractivity contribution in [3.05, 3.63) is 57.8 Å². The highest BCUT2D eigenvalue weighted by Gasteiger charge is 2.29. The average molecular weight is 299 g/mol. The van der Waals surface area contributed by atoms with Crippen LogP contribution >= 0.6 is 11.3 Å². The van der Waals surface area contributed by atoms with Crippen molar-refractivity contribution in [2.45, 2.75) is 38.6 Å². The normalized spacial score (nSPS) is 17.3. The Morgan fingerprint density at radius 1 is 1.29 bits per heavy atom. The second-order valence-electron chi connectivity index (χ2n) is 5.58. The summed E-state index contributed by atoms with van der Waals surface area (Å²) in [5.74, 6) is 0.341. The molecule has 3 heteroatoms. The Morgan fingerprint density at radius 2 is 2.14 bits per heavy atom. The standard InChI is InChI=1S/C18H21NOS/c1-2-19(13-15-9-6-12-21-15)18(20)17-11-5-8-14-7-3-4-10-16(14)17/h3-4,6-7,9-10,12,17H,2,5,8,11,13H2,1H3. The first kappa shape index (κ1) is 14.3. The first-order valence-electron chi connectivity index (χ1n) is 7.68. The van der Waals surface area contributed by atoms with Gasteiger partial charge in [-0.05, 0) is 48.8 Å². The lowest BCUT2D eigenvalue weighted by molar-refractivity contribution is -0.133. The largest absolute Gasteiger partial charge is 0.337 e. The molecule has 21 heavy (non-hydrogen) atoms. The number of nitrogens with zero attached hydrogens (tertiary/aromatic N) is 1. The van der Waals surface area contributed by atoms with Crippen LogP contribution in [-0.4, -0.2) is 17.4 Å². The van der Waals surface area contributed by atoms with Crippen molar-refractivity contribution in [2.24, 2.45) is 0 Å². The average Bonchev–Trinajstić information content (AvgIpc) is 3.04. The van der Waals surface area contributed by atoms with Gasteiger partial charge in [0.2, 0.25) is 5.91 Å². The third kappa shape index (κ3) is 3.03. The van der Waals surface area contributed by atoms with Crippen molar-refractivity contribution in [1.82, 2.24) is 4.90 Å². The van der Waals surface area contributed by atoms with E-state index in [4.69, 9.17) is 0 Å². The number of hydrogen-bond acceptors (Lipinski definition) is 2. The number of thiophene rings is 1. The minimum absolute atomic E-state index is 0.0508. The summed E-state index contributed by atoms with van der Waals surface area (Å²) in [7, 11) is 0. The van der Waals surface area contributed by atoms with Crippen LogP contribution in [0.15, 0.2) is 41.8 Å². The van der Waals surface area contributed by atoms with E-state index in [1.54, 1.807) is 11.3 Å². The molecule has 0 radical (unpaired) electrons. The highest BCUT2D eigenvalue weighted by Crippen LogP contribution is 2.33. The van der Waals surface area contributed by atoms with Crippen LogP contribution in [0.2, 0.25) is 0 Å². The molecular formula is C18H21NOS. The summed E-state index contributed by atoms with van der Waals surface area (Å²) in [6, 6.07) is 12.6. The van der Waals surface area contributed by atoms with Gasteiger partial charge in [0.25, 0.3) is 0 Å². The molecule has 1 aromatic carbocycles. The topological polar surface area (TPSA) is 20.3 Å². The van der Waals surface area contributed by atoms with E-state index >= 15 is 0 Å². The van der Waals surface area contributed by atoms with E-state index in [1.165, 1.54) is 16.0 Å². The molecule has 110 valence electrons. The zero-order valence-corrected chi connectivity index (χ0v) is 13.2. The van der Waals surface area contributed by atoms with Crippen LogP contribution in [-0.2, 0) is 17.8 Å². The maximum Gasteiger partial charge on any atom is 0.230 e. The molecule has 0 fully saturated rings. The second kappa shape index (κ2) is 6.44. The van der Waals surface area contributed by atoms with Crippen LogP contribution in [0.4, 0.5) is 0 Å². The minimum atomic E-state index is 0.0508. The van der Waals surface area contributed by atoms with Gasteiger partial charge in [-0.15, -0.1) is 11.3 Å². The number of aryl methyl sites for hydroxylation is 1. The monoisotopic (exact) mass is 299 g/mol. The van der Waals surface area contributed by atoms with E-state index in [0.29, 0.717) is 0 Å². The van der Waals surface area contributed by atoms with Gasteiger partial charge in [-0.1, -0.05) is 30.3 Å². The Hall–Kier alpha value is -1.61. The van der Waals surface area contributed by atoms with Crippen molar-refractivity contribution in [3.8, 4) is 0 Å². The number of fused-ring (bicyclic) bond motifs is 1. The second-order valence-corrected chi connectivity index (χ2v) is 6.61. The number of amides is 1. The third-order valence-corrected chi connectivity index (χ3v) is 5.15. The van der Waals surface area contributed by atoms with Gasteiger partial charge in [0.05, 0.1) is 12.5 Å². The fraction of sp³-hybridized carbons (Fsp3) is 0.389. The number of carbonyl (C=O) groups excluding carboxylic acids is 1. The first-order chi connectivity index (χ1) is 10.3. The van der Waals surface area contributed by atoms with E-state index < -0.39 is 0 Å². The zero-order chi connectivity index (χ0) is 14.7. The Kier molecular flexibility index (Phi) is 4.39. The van der Waals surface area contributed by atoms with Crippen molar-refractivity contribution >= 4 is 17.2 Å². The van der Waals surface area contributed by atoms with Gasteiger partial charge >= 0.3 is 0 Å². The van der Waals surface area contributed by atoms with E-state index in [0.717, 1.165) is 32.4 Å². The smallest absolute Gasteiger partial charge is 0.230 e. The van der Waals surface area contributed by atoms with Gasteiger partial charge in [0.15, 0.2) is 0 Å². The Balaban J connectivity index is 1.81. The maximum atomic E-state index is 12.9. The van der Waals surface area contributed by atoms with Crippen LogP contribution < -0.4 is 0 Å². The number of likely N-dealkylation sites (N-methyl/N-ethyl adjacent to an activating group) is 1. The molecule has 2 aromatic rings. The summed E-state index contributed by atoms with van der Waals surface area (Å²) in [5, 5.41) is 2.07. The molecule has 2 nitrogen and oxygen atoms in total. The summed E-state index contributed by atoms with van der Waals surface area (Å²) in [6.07, 6.45) is 3.21. The van der Waals surface area contributed by atoms with Crippen molar-refractivity contribution < 1.29 is 4.79 Å². The van der Waals surface area contributed by atoms with Crippen LogP contribution in [0.25, 0.3) is 0 Å². The van der Waals surface area contributed by atoms with Crippen LogP contribution in [0.1, 0.15) is 41.7 Å². The molecule has 1 unspecified atom stereocenters. The quantitative estimate of drug-likeness (QED) is 0.828. The molecule has 1 aliphatic rings. The molecule has 0 bridgehead atoms. The molecule has 1 aliphatic carbocycles. The molecule has 0 spiro atoms. The Labute approximate surface area is 130 Å². The van der Waals surface area contributed by atoms with E-state index in [2.05, 4.69) is 42.6 Å². The van der Waals surface area contributed by atoms with Crippen LogP contribution in [0.3, 0.4) is 0 Å². The molecule has 1 aromatic heterocycles. The third-order valence-electron chi connectivity index (χ3n) is 4.29. The summed E-state index contributed by atoms with van der Waals surface area (Å²) >= 11 is 1.72. The predicted molar refractivity (Wildman–Crippen MR) is 87.5 cm³/mol. The number of hydrogen-bond donors (Lipinski definition) is 0. The number of rotatable bonds is 4. The molecule has 0 aliphatic heterocycles. The number of benzene rings is 1. The maximum absolute atomic E-state index is 12.9. The van der Waals surface area contributed by atoms with Crippen molar-refractivity contribution in [2.75, 3.05) is 6.54 Å². The molecular weight excluding hydrogens is 278 g/mol. The molecule has 0 saturated carbocycles. The summed E-state index contributed by atoms with van der Waals surface area (Å²) < 4.78 is 0. The van der Waals surface area contributed by atoms with Crippen molar-refractivity contribution in [3.63, 3.8) is 0 Å². The van der Waals surface area contributed by atoms with Gasteiger partial charge in [0.1, 0.15) is 0 Å². The molecule has 0 saturated heterocycles. The van der Waals surface area contributed by atoms with Crippen LogP contribution in [0.5, 0.6) is 0 Å². The summed E-state index contributed by atoms with van der Waals surface area (Å²) in [6.45, 7) is 3.58. The van der Waals surface area contributed by atoms with Gasteiger partial charge in [0, 0.05) is 11.4 Å². The highest BCUT2D eigenvalue weighted by molar-refractivity contribution is 7.09. The van der Waals surface area contributed by atoms with Crippen molar-refractivity contribution in [1.29, 1.82) is 0 Å². The molecule has 3 rings (SSSR count). The first-order valence-corrected chi connectivity index (χ1v) is 8.56. The van der Waals surface area contributed by atoms with Crippen LogP contribution in [0, 0.1) is 0 Å². The molecule has 1 amide bonds. The zero-order valence-electron chi connectivity index (χ0n) is 12.4. The summed E-state index contributed by atoms with van der Waals surface area (Å²) in [4.78, 5) is 16.2. The molecule has 0 N–H and O–H groups in total. The minimum Gasteiger partial charge on any atom is -0.337 e. The van der Waals surface area contributed by atoms with E-state index in [-0.39, 0.29) is 11.8 Å². The van der Waals surface area contributed by atoms with E-state index in [9.17, 15) is 4.79 Å². The van der Waals surface area contributed by atoms with Gasteiger partial charge in [-0.3, -0.25) is 4.79 Å². The lowest BCUT2D eigenvalue weighted by Crippen LogP contribution is -2.35. The predicted octanol–water partition coefficient (Wildman–Crippen LogP) is 4.22. The fourth-order valence-electron chi connectivity index (χ4n) is 3.17. The van der Waals surface area contributed by atoms with Gasteiger partial charge in [-0.2, -0.15) is 0 Å². The lowest BCUT2D eigenvalue weighted by atomic mass is 9.82. The summed E-state index contributed by atoms with van der Waals surface area (Å²) in [5.41, 5.74) is 2.60. The fourth-order valence-corrected chi connectivity index (χ4v) is 3.89. The Bertz CT molecular complexity index is 605. The highest BCUT2D eigenvalue weighted by atomic mass is 32.1. The van der Waals surface area contributed by atoms with Gasteiger partial charge in [-0.25, -0.2) is 0 Å². The lowest BCUT2D eigenvalue weighted by Gasteiger charge is -2.30. The molecule has 1 atom stereocenters. The Morgan fingerprint density at radius 3 is 2.90 bits per heavy atom. The number of carbonyl (C=O) groups is 1. The van der Waals surface area contributed by atoms with Gasteiger partial charge < -0.3 is 4.90 Å². The SMILES string of the molecule is CCN(Cc1cccs1)C(=O)C1CCCc2ccccc21. The molecule has 1 heterocycles.